The van der Waals surface area contributed by atoms with Crippen molar-refractivity contribution in [2.24, 2.45) is 5.92 Å². The van der Waals surface area contributed by atoms with Crippen LogP contribution in [0.15, 0.2) is 66.7 Å². The molecule has 0 aliphatic carbocycles. The van der Waals surface area contributed by atoms with Crippen molar-refractivity contribution in [3.05, 3.63) is 78.4 Å². The molecule has 1 unspecified atom stereocenters. The fraction of sp³-hybridized carbons (Fsp3) is 0.160. The monoisotopic (exact) mass is 433 g/mol. The van der Waals surface area contributed by atoms with E-state index in [2.05, 4.69) is 5.32 Å². The number of fused-ring (bicyclic) bond motifs is 1. The van der Waals surface area contributed by atoms with Crippen LogP contribution in [0.25, 0.3) is 33.5 Å². The minimum Gasteiger partial charge on any atom is -0.396 e. The number of anilines is 1. The fourth-order valence-corrected chi connectivity index (χ4v) is 3.34. The number of rotatable bonds is 6. The largest absolute Gasteiger partial charge is 0.396 e. The van der Waals surface area contributed by atoms with E-state index in [4.69, 9.17) is 15.1 Å². The first-order chi connectivity index (χ1) is 15.4. The van der Waals surface area contributed by atoms with Gasteiger partial charge in [-0.2, -0.15) is 0 Å². The van der Waals surface area contributed by atoms with Gasteiger partial charge in [-0.25, -0.2) is 18.7 Å². The minimum atomic E-state index is -0.368. The van der Waals surface area contributed by atoms with Gasteiger partial charge in [0.25, 0.3) is 0 Å². The van der Waals surface area contributed by atoms with E-state index in [9.17, 15) is 13.6 Å². The van der Waals surface area contributed by atoms with E-state index in [-0.39, 0.29) is 30.1 Å². The summed E-state index contributed by atoms with van der Waals surface area (Å²) in [6.45, 7) is 1.68. The predicted octanol–water partition coefficient (Wildman–Crippen LogP) is 5.20. The van der Waals surface area contributed by atoms with E-state index in [1.165, 1.54) is 24.3 Å². The maximum absolute atomic E-state index is 13.5. The van der Waals surface area contributed by atoms with Crippen molar-refractivity contribution < 1.29 is 18.7 Å². The lowest BCUT2D eigenvalue weighted by Crippen LogP contribution is -2.21. The molecule has 4 aromatic rings. The molecule has 0 radical (unpaired) electrons. The molecule has 0 aliphatic heterocycles. The lowest BCUT2D eigenvalue weighted by Gasteiger charge is -2.13. The first kappa shape index (κ1) is 21.5. The number of halogens is 2. The molecule has 0 bridgehead atoms. The van der Waals surface area contributed by atoms with Crippen LogP contribution in [0.5, 0.6) is 0 Å². The van der Waals surface area contributed by atoms with E-state index < -0.39 is 0 Å². The summed E-state index contributed by atoms with van der Waals surface area (Å²) in [7, 11) is 0. The van der Waals surface area contributed by atoms with E-state index in [0.717, 1.165) is 0 Å². The lowest BCUT2D eigenvalue weighted by molar-refractivity contribution is -0.119. The number of carbonyl (C=O) groups is 1. The van der Waals surface area contributed by atoms with Gasteiger partial charge >= 0.3 is 0 Å². The van der Waals surface area contributed by atoms with E-state index in [1.54, 1.807) is 49.4 Å². The summed E-state index contributed by atoms with van der Waals surface area (Å²) < 4.78 is 26.9. The average Bonchev–Trinajstić information content (AvgIpc) is 2.79. The third-order valence-electron chi connectivity index (χ3n) is 5.18. The van der Waals surface area contributed by atoms with Crippen LogP contribution < -0.4 is 5.32 Å². The molecule has 1 atom stereocenters. The molecule has 7 heteroatoms. The predicted molar refractivity (Wildman–Crippen MR) is 120 cm³/mol. The summed E-state index contributed by atoms with van der Waals surface area (Å²) >= 11 is 0. The highest BCUT2D eigenvalue weighted by atomic mass is 19.1. The third-order valence-corrected chi connectivity index (χ3v) is 5.18. The number of aliphatic hydroxyl groups is 1. The van der Waals surface area contributed by atoms with Crippen molar-refractivity contribution in [2.45, 2.75) is 13.3 Å². The van der Waals surface area contributed by atoms with Crippen molar-refractivity contribution >= 4 is 22.6 Å². The highest BCUT2D eigenvalue weighted by molar-refractivity contribution is 5.95. The Hall–Kier alpha value is -3.71. The van der Waals surface area contributed by atoms with Crippen LogP contribution in [0.2, 0.25) is 0 Å². The van der Waals surface area contributed by atoms with Crippen LogP contribution in [0, 0.1) is 17.6 Å². The number of aliphatic hydroxyl groups excluding tert-OH is 1. The summed E-state index contributed by atoms with van der Waals surface area (Å²) in [5.74, 6) is -1.26. The van der Waals surface area contributed by atoms with Gasteiger partial charge in [-0.3, -0.25) is 4.79 Å². The molecule has 4 rings (SSSR count). The molecule has 0 aliphatic rings. The molecule has 0 fully saturated rings. The molecular formula is C25H21F2N3O2. The minimum absolute atomic E-state index is 0.0645. The zero-order valence-electron chi connectivity index (χ0n) is 17.3. The molecular weight excluding hydrogens is 412 g/mol. The van der Waals surface area contributed by atoms with E-state index in [1.807, 2.05) is 0 Å². The molecule has 2 N–H and O–H groups in total. The van der Waals surface area contributed by atoms with E-state index in [0.29, 0.717) is 45.7 Å². The summed E-state index contributed by atoms with van der Waals surface area (Å²) in [5, 5.41) is 11.9. The van der Waals surface area contributed by atoms with Crippen molar-refractivity contribution in [3.8, 4) is 22.5 Å². The second kappa shape index (κ2) is 9.20. The summed E-state index contributed by atoms with van der Waals surface area (Å²) in [5.41, 5.74) is 4.08. The van der Waals surface area contributed by atoms with Crippen molar-refractivity contribution in [3.63, 3.8) is 0 Å². The van der Waals surface area contributed by atoms with Gasteiger partial charge in [0.05, 0.1) is 22.4 Å². The van der Waals surface area contributed by atoms with Gasteiger partial charge in [-0.05, 0) is 73.2 Å². The lowest BCUT2D eigenvalue weighted by atomic mass is 10.0. The molecule has 1 aromatic heterocycles. The van der Waals surface area contributed by atoms with Crippen LogP contribution in [0.4, 0.5) is 14.5 Å². The van der Waals surface area contributed by atoms with Gasteiger partial charge in [0.2, 0.25) is 5.91 Å². The molecule has 5 nitrogen and oxygen atoms in total. The van der Waals surface area contributed by atoms with Gasteiger partial charge in [-0.15, -0.1) is 0 Å². The molecule has 0 saturated carbocycles. The third kappa shape index (κ3) is 4.63. The zero-order chi connectivity index (χ0) is 22.7. The Balaban J connectivity index is 1.80. The fourth-order valence-electron chi connectivity index (χ4n) is 3.34. The van der Waals surface area contributed by atoms with Crippen LogP contribution in [0.3, 0.4) is 0 Å². The Morgan fingerprint density at radius 3 is 1.94 bits per heavy atom. The SMILES string of the molecule is CC(CCO)C(=O)Nc1ccc2nc(-c3ccc(F)cc3)c(-c3ccc(F)cc3)nc2c1. The molecule has 32 heavy (non-hydrogen) atoms. The average molecular weight is 433 g/mol. The molecule has 0 spiro atoms. The van der Waals surface area contributed by atoms with Gasteiger partial charge in [-0.1, -0.05) is 6.92 Å². The quantitative estimate of drug-likeness (QED) is 0.438. The molecule has 3 aromatic carbocycles. The van der Waals surface area contributed by atoms with Crippen LogP contribution in [0.1, 0.15) is 13.3 Å². The highest BCUT2D eigenvalue weighted by Gasteiger charge is 2.16. The van der Waals surface area contributed by atoms with Crippen molar-refractivity contribution in [2.75, 3.05) is 11.9 Å². The Morgan fingerprint density at radius 2 is 1.41 bits per heavy atom. The van der Waals surface area contributed by atoms with E-state index >= 15 is 0 Å². The number of amides is 1. The van der Waals surface area contributed by atoms with Gasteiger partial charge in [0.15, 0.2) is 0 Å². The first-order valence-corrected chi connectivity index (χ1v) is 10.2. The second-order valence-electron chi connectivity index (χ2n) is 7.54. The molecule has 1 heterocycles. The van der Waals surface area contributed by atoms with Gasteiger partial charge < -0.3 is 10.4 Å². The number of benzene rings is 3. The number of nitrogens with zero attached hydrogens (tertiary/aromatic N) is 2. The smallest absolute Gasteiger partial charge is 0.227 e. The Labute approximate surface area is 183 Å². The van der Waals surface area contributed by atoms with Crippen LogP contribution in [-0.2, 0) is 4.79 Å². The topological polar surface area (TPSA) is 75.1 Å². The normalized spacial score (nSPS) is 12.0. The molecule has 1 amide bonds. The maximum atomic E-state index is 13.5. The van der Waals surface area contributed by atoms with Crippen LogP contribution >= 0.6 is 0 Å². The summed E-state index contributed by atoms with van der Waals surface area (Å²) in [4.78, 5) is 21.8. The Bertz CT molecular complexity index is 1260. The van der Waals surface area contributed by atoms with Crippen molar-refractivity contribution in [1.29, 1.82) is 0 Å². The number of carbonyl (C=O) groups excluding carboxylic acids is 1. The number of aromatic nitrogens is 2. The van der Waals surface area contributed by atoms with Crippen LogP contribution in [-0.4, -0.2) is 27.6 Å². The number of hydrogen-bond donors (Lipinski definition) is 2. The molecule has 0 saturated heterocycles. The number of hydrogen-bond acceptors (Lipinski definition) is 4. The first-order valence-electron chi connectivity index (χ1n) is 10.2. The second-order valence-corrected chi connectivity index (χ2v) is 7.54. The van der Waals surface area contributed by atoms with Crippen molar-refractivity contribution in [1.82, 2.24) is 9.97 Å². The van der Waals surface area contributed by atoms with Gasteiger partial charge in [0, 0.05) is 29.3 Å². The van der Waals surface area contributed by atoms with Gasteiger partial charge in [0.1, 0.15) is 11.6 Å². The molecule has 162 valence electrons. The summed E-state index contributed by atoms with van der Waals surface area (Å²) in [6, 6.07) is 17.0. The summed E-state index contributed by atoms with van der Waals surface area (Å²) in [6.07, 6.45) is 0.370. The maximum Gasteiger partial charge on any atom is 0.227 e. The zero-order valence-corrected chi connectivity index (χ0v) is 17.3. The number of nitrogens with one attached hydrogen (secondary N) is 1. The Morgan fingerprint density at radius 1 is 0.875 bits per heavy atom. The Kier molecular flexibility index (Phi) is 6.18. The standard InChI is InChI=1S/C25H21F2N3O2/c1-15(12-13-31)25(32)28-20-10-11-21-22(14-20)30-24(17-4-8-19(27)9-5-17)23(29-21)16-2-6-18(26)7-3-16/h2-11,14-15,31H,12-13H2,1H3,(H,28,32). The highest BCUT2D eigenvalue weighted by Crippen LogP contribution is 2.32.